The fraction of sp³-hybridized carbons (Fsp3) is 0.360. The van der Waals surface area contributed by atoms with E-state index in [0.29, 0.717) is 29.4 Å². The van der Waals surface area contributed by atoms with Crippen LogP contribution in [-0.2, 0) is 39.7 Å². The molecule has 40 heavy (non-hydrogen) atoms. The molecule has 3 aromatic rings. The van der Waals surface area contributed by atoms with E-state index in [2.05, 4.69) is 20.6 Å². The Morgan fingerprint density at radius 1 is 0.925 bits per heavy atom. The van der Waals surface area contributed by atoms with Gasteiger partial charge in [-0.25, -0.2) is 14.6 Å². The Morgan fingerprint density at radius 3 is 2.23 bits per heavy atom. The molecule has 0 unspecified atom stereocenters. The number of carbonyl (C=O) groups excluding carboxylic acids is 5. The Morgan fingerprint density at radius 2 is 1.55 bits per heavy atom. The molecule has 0 spiro atoms. The first-order valence-electron chi connectivity index (χ1n) is 12.4. The van der Waals surface area contributed by atoms with Gasteiger partial charge in [0.1, 0.15) is 11.5 Å². The molecule has 15 heteroatoms. The van der Waals surface area contributed by atoms with Crippen LogP contribution in [0.3, 0.4) is 0 Å². The molecule has 3 heterocycles. The Balaban J connectivity index is 1.17. The van der Waals surface area contributed by atoms with Gasteiger partial charge < -0.3 is 20.5 Å². The number of carbonyl (C=O) groups is 5. The molecule has 0 atom stereocenters. The zero-order chi connectivity index (χ0) is 29.0. The van der Waals surface area contributed by atoms with E-state index in [0.717, 1.165) is 4.57 Å². The monoisotopic (exact) mass is 553 g/mol. The number of imidazole rings is 1. The number of hydrogen-bond donors (Lipinski definition) is 3. The van der Waals surface area contributed by atoms with Crippen molar-refractivity contribution >= 4 is 40.8 Å². The predicted octanol–water partition coefficient (Wildman–Crippen LogP) is -0.950. The van der Waals surface area contributed by atoms with E-state index < -0.39 is 34.9 Å². The summed E-state index contributed by atoms with van der Waals surface area (Å²) in [5.41, 5.74) is -0.157. The highest BCUT2D eigenvalue weighted by atomic mass is 16.7. The number of benzene rings is 1. The molecular formula is C25H27N7O8. The topological polar surface area (TPSA) is 195 Å². The third-order valence-electron chi connectivity index (χ3n) is 6.26. The number of rotatable bonds is 10. The first-order chi connectivity index (χ1) is 19.1. The molecule has 1 saturated heterocycles. The second-order valence-electron chi connectivity index (χ2n) is 9.08. The smallest absolute Gasteiger partial charge is 0.354 e. The van der Waals surface area contributed by atoms with Crippen LogP contribution >= 0.6 is 0 Å². The number of imide groups is 1. The fourth-order valence-corrected chi connectivity index (χ4v) is 4.02. The fourth-order valence-electron chi connectivity index (χ4n) is 4.02. The Hall–Kier alpha value is -5.08. The highest BCUT2D eigenvalue weighted by Crippen LogP contribution is 2.15. The van der Waals surface area contributed by atoms with E-state index in [4.69, 9.17) is 4.84 Å². The summed E-state index contributed by atoms with van der Waals surface area (Å²) in [6.45, 7) is 0.351. The maximum absolute atomic E-state index is 12.3. The second kappa shape index (κ2) is 11.8. The highest BCUT2D eigenvalue weighted by Gasteiger charge is 2.33. The molecule has 15 nitrogen and oxygen atoms in total. The van der Waals surface area contributed by atoms with Crippen LogP contribution in [0.25, 0.3) is 11.2 Å². The van der Waals surface area contributed by atoms with Crippen LogP contribution in [0.4, 0.5) is 0 Å². The highest BCUT2D eigenvalue weighted by molar-refractivity contribution is 6.03. The van der Waals surface area contributed by atoms with E-state index in [1.807, 2.05) is 0 Å². The molecule has 0 saturated carbocycles. The third kappa shape index (κ3) is 5.98. The maximum atomic E-state index is 12.3. The summed E-state index contributed by atoms with van der Waals surface area (Å²) in [6, 6.07) is 5.46. The zero-order valence-electron chi connectivity index (χ0n) is 21.8. The maximum Gasteiger partial charge on any atom is 0.363 e. The van der Waals surface area contributed by atoms with E-state index in [-0.39, 0.29) is 54.9 Å². The summed E-state index contributed by atoms with van der Waals surface area (Å²) in [5, 5.41) is 5.79. The minimum absolute atomic E-state index is 0.0123. The van der Waals surface area contributed by atoms with Crippen molar-refractivity contribution < 1.29 is 28.8 Å². The van der Waals surface area contributed by atoms with Crippen LogP contribution in [0.5, 0.6) is 0 Å². The number of fused-ring (bicyclic) bond motifs is 1. The molecule has 1 aliphatic heterocycles. The number of hydroxylamine groups is 2. The number of amides is 4. The lowest BCUT2D eigenvalue weighted by molar-refractivity contribution is -0.172. The van der Waals surface area contributed by atoms with Gasteiger partial charge in [0, 0.05) is 58.4 Å². The minimum Gasteiger partial charge on any atom is -0.354 e. The molecule has 1 fully saturated rings. The molecule has 1 aromatic carbocycles. The van der Waals surface area contributed by atoms with E-state index in [1.165, 1.54) is 42.9 Å². The van der Waals surface area contributed by atoms with Crippen molar-refractivity contribution in [2.45, 2.75) is 32.1 Å². The lowest BCUT2D eigenvalue weighted by atomic mass is 10.1. The van der Waals surface area contributed by atoms with Gasteiger partial charge in [-0.1, -0.05) is 0 Å². The van der Waals surface area contributed by atoms with Crippen molar-refractivity contribution in [3.63, 3.8) is 0 Å². The normalized spacial score (nSPS) is 13.1. The molecule has 4 rings (SSSR count). The largest absolute Gasteiger partial charge is 0.363 e. The van der Waals surface area contributed by atoms with Crippen molar-refractivity contribution in [3.05, 3.63) is 62.1 Å². The van der Waals surface area contributed by atoms with Crippen molar-refractivity contribution in [1.82, 2.24) is 34.8 Å². The van der Waals surface area contributed by atoms with Crippen molar-refractivity contribution in [3.8, 4) is 0 Å². The number of hydrogen-bond acceptors (Lipinski definition) is 9. The Kier molecular flexibility index (Phi) is 8.21. The van der Waals surface area contributed by atoms with Gasteiger partial charge in [-0.2, -0.15) is 0 Å². The average molecular weight is 554 g/mol. The van der Waals surface area contributed by atoms with Crippen LogP contribution in [0.1, 0.15) is 52.2 Å². The molecule has 3 N–H and O–H groups in total. The van der Waals surface area contributed by atoms with Crippen LogP contribution in [-0.4, -0.2) is 66.9 Å². The van der Waals surface area contributed by atoms with Crippen molar-refractivity contribution in [2.24, 2.45) is 14.1 Å². The third-order valence-corrected chi connectivity index (χ3v) is 6.26. The Labute approximate surface area is 226 Å². The van der Waals surface area contributed by atoms with E-state index >= 15 is 0 Å². The zero-order valence-corrected chi connectivity index (χ0v) is 21.8. The molecule has 4 amide bonds. The lowest BCUT2D eigenvalue weighted by Gasteiger charge is -2.12. The number of aromatic nitrogens is 4. The summed E-state index contributed by atoms with van der Waals surface area (Å²) in [4.78, 5) is 96.1. The quantitative estimate of drug-likeness (QED) is 0.209. The van der Waals surface area contributed by atoms with Gasteiger partial charge in [-0.3, -0.25) is 33.1 Å². The molecule has 1 aliphatic rings. The van der Waals surface area contributed by atoms with Crippen LogP contribution in [0.15, 0.2) is 33.9 Å². The number of nitrogens with zero attached hydrogens (tertiary/aromatic N) is 4. The molecule has 210 valence electrons. The first-order valence-corrected chi connectivity index (χ1v) is 12.4. The van der Waals surface area contributed by atoms with Crippen LogP contribution < -0.4 is 21.9 Å². The second-order valence-corrected chi connectivity index (χ2v) is 9.08. The first kappa shape index (κ1) is 27.9. The molecular weight excluding hydrogens is 526 g/mol. The standard InChI is InChI=1S/C25H27N7O8/c1-30-21-20(23(37)31(2)25(30)39)28-16(29-21)4-3-5-17(33)26-12-13-27-22(36)14-6-8-15(9-7-14)24(38)40-32-18(34)10-11-19(32)35/h6-9H,3-5,10-13H2,1-2H3,(H,26,33)(H,27,36)(H,28,29). The minimum atomic E-state index is -0.895. The van der Waals surface area contributed by atoms with Gasteiger partial charge in [0.25, 0.3) is 23.3 Å². The molecule has 2 aromatic heterocycles. The van der Waals surface area contributed by atoms with Gasteiger partial charge >= 0.3 is 11.7 Å². The summed E-state index contributed by atoms with van der Waals surface area (Å²) in [6.07, 6.45) is 1.00. The summed E-state index contributed by atoms with van der Waals surface area (Å²) in [7, 11) is 2.92. The van der Waals surface area contributed by atoms with Crippen LogP contribution in [0.2, 0.25) is 0 Å². The summed E-state index contributed by atoms with van der Waals surface area (Å²) < 4.78 is 2.29. The lowest BCUT2D eigenvalue weighted by Crippen LogP contribution is -2.36. The number of nitrogens with one attached hydrogen (secondary N) is 3. The summed E-state index contributed by atoms with van der Waals surface area (Å²) >= 11 is 0. The molecule has 0 bridgehead atoms. The summed E-state index contributed by atoms with van der Waals surface area (Å²) in [5.74, 6) is -2.24. The van der Waals surface area contributed by atoms with Gasteiger partial charge in [0.2, 0.25) is 5.91 Å². The number of aromatic amines is 1. The predicted molar refractivity (Wildman–Crippen MR) is 138 cm³/mol. The van der Waals surface area contributed by atoms with Gasteiger partial charge in [-0.15, -0.1) is 5.06 Å². The average Bonchev–Trinajstić information content (AvgIpc) is 3.52. The Bertz CT molecular complexity index is 1600. The SMILES string of the molecule is Cn1c(=O)c2nc(CCCC(=O)NCCNC(=O)c3ccc(C(=O)ON4C(=O)CCC4=O)cc3)[nH]c2n(C)c1=O. The van der Waals surface area contributed by atoms with Crippen LogP contribution in [0, 0.1) is 0 Å². The van der Waals surface area contributed by atoms with Crippen molar-refractivity contribution in [1.29, 1.82) is 0 Å². The van der Waals surface area contributed by atoms with Gasteiger partial charge in [0.15, 0.2) is 5.52 Å². The number of H-pyrrole nitrogens is 1. The molecule has 0 aliphatic carbocycles. The van der Waals surface area contributed by atoms with E-state index in [9.17, 15) is 33.6 Å². The molecule has 0 radical (unpaired) electrons. The van der Waals surface area contributed by atoms with E-state index in [1.54, 1.807) is 0 Å². The van der Waals surface area contributed by atoms with Crippen molar-refractivity contribution in [2.75, 3.05) is 13.1 Å². The van der Waals surface area contributed by atoms with Gasteiger partial charge in [-0.05, 0) is 30.7 Å². The number of aryl methyl sites for hydroxylation is 2. The van der Waals surface area contributed by atoms with Gasteiger partial charge in [0.05, 0.1) is 5.56 Å².